The summed E-state index contributed by atoms with van der Waals surface area (Å²) in [5, 5.41) is 0. The van der Waals surface area contributed by atoms with E-state index in [9.17, 15) is 9.18 Å². The first-order valence-corrected chi connectivity index (χ1v) is 5.75. The molecule has 1 rings (SSSR count). The second-order valence-corrected chi connectivity index (χ2v) is 5.08. The lowest BCUT2D eigenvalue weighted by atomic mass is 10.1. The lowest BCUT2D eigenvalue weighted by Crippen LogP contribution is -2.40. The first-order chi connectivity index (χ1) is 8.28. The van der Waals surface area contributed by atoms with Crippen LogP contribution in [0.4, 0.5) is 9.18 Å². The van der Waals surface area contributed by atoms with E-state index in [1.807, 2.05) is 6.92 Å². The average molecular weight is 254 g/mol. The van der Waals surface area contributed by atoms with Gasteiger partial charge >= 0.3 is 6.09 Å². The van der Waals surface area contributed by atoms with Gasteiger partial charge in [-0.1, -0.05) is 17.7 Å². The Labute approximate surface area is 106 Å². The minimum atomic E-state index is -0.587. The number of ether oxygens (including phenoxy) is 1. The molecule has 0 fully saturated rings. The molecule has 0 aliphatic carbocycles. The van der Waals surface area contributed by atoms with Gasteiger partial charge in [0.25, 0.3) is 0 Å². The van der Waals surface area contributed by atoms with E-state index in [-0.39, 0.29) is 12.4 Å². The van der Waals surface area contributed by atoms with Gasteiger partial charge in [0.05, 0.1) is 0 Å². The number of benzene rings is 1. The summed E-state index contributed by atoms with van der Waals surface area (Å²) in [5.74, 6) is -0.306. The molecule has 0 heterocycles. The van der Waals surface area contributed by atoms with E-state index in [1.54, 1.807) is 32.9 Å². The maximum absolute atomic E-state index is 13.4. The van der Waals surface area contributed by atoms with Gasteiger partial charge in [0.2, 0.25) is 0 Å². The van der Waals surface area contributed by atoms with Gasteiger partial charge in [-0.15, -0.1) is 0 Å². The van der Waals surface area contributed by atoms with Crippen LogP contribution in [0.25, 0.3) is 0 Å². The highest BCUT2D eigenvalue weighted by Gasteiger charge is 2.15. The van der Waals surface area contributed by atoms with Gasteiger partial charge in [0.1, 0.15) is 11.4 Å². The first kappa shape index (κ1) is 14.4. The van der Waals surface area contributed by atoms with Crippen LogP contribution in [0.3, 0.4) is 0 Å². The molecule has 1 amide bonds. The molecule has 1 aromatic carbocycles. The zero-order valence-corrected chi connectivity index (χ0v) is 11.1. The van der Waals surface area contributed by atoms with Crippen molar-refractivity contribution >= 4 is 6.09 Å². The number of aryl methyl sites for hydroxylation is 1. The highest BCUT2D eigenvalue weighted by Crippen LogP contribution is 2.09. The summed E-state index contributed by atoms with van der Waals surface area (Å²) in [5.41, 5.74) is 5.88. The maximum atomic E-state index is 13.4. The summed E-state index contributed by atoms with van der Waals surface area (Å²) >= 11 is 0. The zero-order valence-electron chi connectivity index (χ0n) is 11.1. The van der Waals surface area contributed by atoms with Crippen LogP contribution < -0.4 is 10.9 Å². The van der Waals surface area contributed by atoms with Gasteiger partial charge in [-0.05, 0) is 33.8 Å². The third-order valence-corrected chi connectivity index (χ3v) is 2.07. The Morgan fingerprint density at radius 2 is 2.06 bits per heavy atom. The van der Waals surface area contributed by atoms with Gasteiger partial charge in [0.15, 0.2) is 0 Å². The van der Waals surface area contributed by atoms with Gasteiger partial charge < -0.3 is 4.74 Å². The molecule has 100 valence electrons. The normalized spacial score (nSPS) is 11.2. The molecular weight excluding hydrogens is 235 g/mol. The fourth-order valence-electron chi connectivity index (χ4n) is 1.35. The molecule has 0 aliphatic rings. The quantitative estimate of drug-likeness (QED) is 0.815. The minimum Gasteiger partial charge on any atom is -0.443 e. The summed E-state index contributed by atoms with van der Waals surface area (Å²) in [6.45, 7) is 7.39. The van der Waals surface area contributed by atoms with Gasteiger partial charge in [-0.25, -0.2) is 14.6 Å². The SMILES string of the molecule is Cc1ccc(F)c(CNNC(=O)OC(C)(C)C)c1. The van der Waals surface area contributed by atoms with Crippen molar-refractivity contribution in [2.45, 2.75) is 39.8 Å². The van der Waals surface area contributed by atoms with Crippen molar-refractivity contribution in [3.8, 4) is 0 Å². The summed E-state index contributed by atoms with van der Waals surface area (Å²) in [4.78, 5) is 11.3. The van der Waals surface area contributed by atoms with Crippen LogP contribution in [0, 0.1) is 12.7 Å². The highest BCUT2D eigenvalue weighted by atomic mass is 19.1. The predicted octanol–water partition coefficient (Wildman–Crippen LogP) is 2.66. The van der Waals surface area contributed by atoms with E-state index >= 15 is 0 Å². The minimum absolute atomic E-state index is 0.201. The number of hydrogen-bond donors (Lipinski definition) is 2. The zero-order chi connectivity index (χ0) is 13.8. The molecule has 18 heavy (non-hydrogen) atoms. The van der Waals surface area contributed by atoms with E-state index in [2.05, 4.69) is 10.9 Å². The number of rotatable bonds is 3. The predicted molar refractivity (Wildman–Crippen MR) is 67.3 cm³/mol. The maximum Gasteiger partial charge on any atom is 0.422 e. The van der Waals surface area contributed by atoms with Crippen LogP contribution in [0.1, 0.15) is 31.9 Å². The third kappa shape index (κ3) is 5.14. The van der Waals surface area contributed by atoms with E-state index in [1.165, 1.54) is 6.07 Å². The topological polar surface area (TPSA) is 50.4 Å². The molecule has 0 spiro atoms. The molecule has 0 aliphatic heterocycles. The molecule has 1 aromatic rings. The Balaban J connectivity index is 2.42. The average Bonchev–Trinajstić information content (AvgIpc) is 2.20. The third-order valence-electron chi connectivity index (χ3n) is 2.07. The molecule has 0 unspecified atom stereocenters. The Morgan fingerprint density at radius 1 is 1.39 bits per heavy atom. The van der Waals surface area contributed by atoms with Crippen molar-refractivity contribution < 1.29 is 13.9 Å². The van der Waals surface area contributed by atoms with E-state index < -0.39 is 11.7 Å². The van der Waals surface area contributed by atoms with E-state index in [4.69, 9.17) is 4.74 Å². The van der Waals surface area contributed by atoms with Crippen LogP contribution in [0.15, 0.2) is 18.2 Å². The fraction of sp³-hybridized carbons (Fsp3) is 0.462. The van der Waals surface area contributed by atoms with Crippen LogP contribution in [-0.2, 0) is 11.3 Å². The number of carbonyl (C=O) groups is 1. The van der Waals surface area contributed by atoms with Crippen LogP contribution in [0.5, 0.6) is 0 Å². The van der Waals surface area contributed by atoms with Gasteiger partial charge in [-0.3, -0.25) is 5.43 Å². The molecule has 0 radical (unpaired) electrons. The summed E-state index contributed by atoms with van der Waals surface area (Å²) in [7, 11) is 0. The molecule has 0 bridgehead atoms. The molecule has 0 saturated heterocycles. The fourth-order valence-corrected chi connectivity index (χ4v) is 1.35. The van der Waals surface area contributed by atoms with Crippen molar-refractivity contribution in [3.05, 3.63) is 35.1 Å². The lowest BCUT2D eigenvalue weighted by molar-refractivity contribution is 0.0496. The van der Waals surface area contributed by atoms with Crippen molar-refractivity contribution in [2.24, 2.45) is 0 Å². The first-order valence-electron chi connectivity index (χ1n) is 5.75. The molecule has 0 aromatic heterocycles. The lowest BCUT2D eigenvalue weighted by Gasteiger charge is -2.19. The number of hydrazine groups is 1. The number of amides is 1. The van der Waals surface area contributed by atoms with Crippen LogP contribution in [-0.4, -0.2) is 11.7 Å². The second kappa shape index (κ2) is 5.82. The summed E-state index contributed by atoms with van der Waals surface area (Å²) < 4.78 is 18.4. The van der Waals surface area contributed by atoms with Crippen molar-refractivity contribution in [1.82, 2.24) is 10.9 Å². The monoisotopic (exact) mass is 254 g/mol. The molecule has 0 atom stereocenters. The molecule has 5 heteroatoms. The Bertz CT molecular complexity index is 427. The van der Waals surface area contributed by atoms with Crippen molar-refractivity contribution in [3.63, 3.8) is 0 Å². The highest BCUT2D eigenvalue weighted by molar-refractivity contribution is 5.66. The van der Waals surface area contributed by atoms with E-state index in [0.29, 0.717) is 5.56 Å². The van der Waals surface area contributed by atoms with Gasteiger partial charge in [-0.2, -0.15) is 0 Å². The van der Waals surface area contributed by atoms with E-state index in [0.717, 1.165) is 5.56 Å². The number of carbonyl (C=O) groups excluding carboxylic acids is 1. The molecular formula is C13H19FN2O2. The second-order valence-electron chi connectivity index (χ2n) is 5.08. The largest absolute Gasteiger partial charge is 0.443 e. The van der Waals surface area contributed by atoms with Gasteiger partial charge in [0, 0.05) is 12.1 Å². The number of nitrogens with one attached hydrogen (secondary N) is 2. The number of halogens is 1. The number of hydrogen-bond acceptors (Lipinski definition) is 3. The Morgan fingerprint density at radius 3 is 2.67 bits per heavy atom. The summed E-state index contributed by atoms with van der Waals surface area (Å²) in [6, 6.07) is 4.82. The molecule has 2 N–H and O–H groups in total. The Kier molecular flexibility index (Phi) is 4.67. The van der Waals surface area contributed by atoms with Crippen molar-refractivity contribution in [2.75, 3.05) is 0 Å². The Hall–Kier alpha value is -1.62. The standard InChI is InChI=1S/C13H19FN2O2/c1-9-5-6-11(14)10(7-9)8-15-16-12(17)18-13(2,3)4/h5-7,15H,8H2,1-4H3,(H,16,17). The van der Waals surface area contributed by atoms with Crippen LogP contribution in [0.2, 0.25) is 0 Å². The van der Waals surface area contributed by atoms with Crippen LogP contribution >= 0.6 is 0 Å². The molecule has 0 saturated carbocycles. The smallest absolute Gasteiger partial charge is 0.422 e. The molecule has 4 nitrogen and oxygen atoms in total. The summed E-state index contributed by atoms with van der Waals surface area (Å²) in [6.07, 6.45) is -0.587. The van der Waals surface area contributed by atoms with Crippen molar-refractivity contribution in [1.29, 1.82) is 0 Å².